The first-order valence-corrected chi connectivity index (χ1v) is 9.54. The molecule has 29 heavy (non-hydrogen) atoms. The molecule has 0 radical (unpaired) electrons. The topological polar surface area (TPSA) is 99.7 Å². The van der Waals surface area contributed by atoms with Crippen LogP contribution in [0.4, 0.5) is 11.5 Å². The highest BCUT2D eigenvalue weighted by Crippen LogP contribution is 2.28. The van der Waals surface area contributed by atoms with Gasteiger partial charge in [-0.05, 0) is 37.1 Å². The van der Waals surface area contributed by atoms with Crippen LogP contribution in [0.15, 0.2) is 48.8 Å². The van der Waals surface area contributed by atoms with Gasteiger partial charge in [-0.25, -0.2) is 9.67 Å². The van der Waals surface area contributed by atoms with Crippen LogP contribution in [0.1, 0.15) is 31.4 Å². The van der Waals surface area contributed by atoms with E-state index < -0.39 is 0 Å². The molecule has 0 aliphatic carbocycles. The molecule has 1 aromatic carbocycles. The van der Waals surface area contributed by atoms with Gasteiger partial charge >= 0.3 is 0 Å². The summed E-state index contributed by atoms with van der Waals surface area (Å²) < 4.78 is 1.93. The number of piperidine rings is 1. The molecule has 1 saturated heterocycles. The van der Waals surface area contributed by atoms with Crippen molar-refractivity contribution in [2.24, 2.45) is 0 Å². The van der Waals surface area contributed by atoms with Crippen molar-refractivity contribution in [2.75, 3.05) is 23.3 Å². The van der Waals surface area contributed by atoms with E-state index in [0.717, 1.165) is 48.7 Å². The fraction of sp³-hybridized carbons (Fsp3) is 0.286. The third kappa shape index (κ3) is 4.09. The summed E-state index contributed by atoms with van der Waals surface area (Å²) in [5.41, 5.74) is 3.12. The number of aromatic nitrogens is 4. The quantitative estimate of drug-likeness (QED) is 0.739. The Morgan fingerprint density at radius 1 is 1.21 bits per heavy atom. The zero-order valence-corrected chi connectivity index (χ0v) is 16.1. The largest absolute Gasteiger partial charge is 0.355 e. The fourth-order valence-electron chi connectivity index (χ4n) is 3.59. The monoisotopic (exact) mass is 387 g/mol. The fourth-order valence-corrected chi connectivity index (χ4v) is 3.59. The smallest absolute Gasteiger partial charge is 0.221 e. The molecule has 1 aliphatic rings. The van der Waals surface area contributed by atoms with E-state index in [0.29, 0.717) is 5.56 Å². The lowest BCUT2D eigenvalue weighted by Crippen LogP contribution is -2.35. The number of amides is 1. The number of nitrogens with one attached hydrogen (secondary N) is 1. The number of nitriles is 1. The van der Waals surface area contributed by atoms with Gasteiger partial charge in [0.2, 0.25) is 5.91 Å². The van der Waals surface area contributed by atoms with Crippen LogP contribution < -0.4 is 10.2 Å². The number of hydrogen-bond acceptors (Lipinski definition) is 6. The molecule has 0 saturated carbocycles. The molecule has 1 fully saturated rings. The number of carbonyl (C=O) groups is 1. The predicted molar refractivity (Wildman–Crippen MR) is 109 cm³/mol. The number of nitrogens with zero attached hydrogens (tertiary/aromatic N) is 6. The Balaban J connectivity index is 1.42. The van der Waals surface area contributed by atoms with Crippen LogP contribution in [0.5, 0.6) is 0 Å². The van der Waals surface area contributed by atoms with Crippen molar-refractivity contribution in [3.8, 4) is 17.3 Å². The highest BCUT2D eigenvalue weighted by atomic mass is 16.1. The summed E-state index contributed by atoms with van der Waals surface area (Å²) in [6.45, 7) is 3.12. The molecule has 0 unspecified atom stereocenters. The minimum atomic E-state index is -0.0948. The molecule has 1 amide bonds. The van der Waals surface area contributed by atoms with Crippen LogP contribution in [0.3, 0.4) is 0 Å². The normalized spacial score (nSPS) is 14.4. The van der Waals surface area contributed by atoms with Crippen molar-refractivity contribution in [3.05, 3.63) is 54.4 Å². The zero-order valence-electron chi connectivity index (χ0n) is 16.1. The van der Waals surface area contributed by atoms with E-state index >= 15 is 0 Å². The zero-order chi connectivity index (χ0) is 20.2. The van der Waals surface area contributed by atoms with Crippen LogP contribution in [0.25, 0.3) is 11.3 Å². The first-order chi connectivity index (χ1) is 14.1. The highest BCUT2D eigenvalue weighted by molar-refractivity contribution is 5.88. The second-order valence-electron chi connectivity index (χ2n) is 7.05. The number of rotatable bonds is 4. The Hall–Kier alpha value is -3.73. The molecule has 0 spiro atoms. The van der Waals surface area contributed by atoms with E-state index in [9.17, 15) is 10.1 Å². The SMILES string of the molecule is CC(=O)Nc1ccc(-c2cn(C3CCN(c4ncccc4C#N)CC3)nn2)cc1. The lowest BCUT2D eigenvalue weighted by Gasteiger charge is -2.32. The second kappa shape index (κ2) is 8.10. The first kappa shape index (κ1) is 18.6. The van der Waals surface area contributed by atoms with Gasteiger partial charge in [0.25, 0.3) is 0 Å². The highest BCUT2D eigenvalue weighted by Gasteiger charge is 2.24. The van der Waals surface area contributed by atoms with E-state index in [1.807, 2.05) is 35.1 Å². The van der Waals surface area contributed by atoms with E-state index in [4.69, 9.17) is 0 Å². The Morgan fingerprint density at radius 3 is 2.66 bits per heavy atom. The van der Waals surface area contributed by atoms with Crippen molar-refractivity contribution < 1.29 is 4.79 Å². The van der Waals surface area contributed by atoms with Crippen molar-refractivity contribution >= 4 is 17.4 Å². The molecule has 0 atom stereocenters. The van der Waals surface area contributed by atoms with Crippen molar-refractivity contribution in [3.63, 3.8) is 0 Å². The minimum Gasteiger partial charge on any atom is -0.355 e. The van der Waals surface area contributed by atoms with Crippen LogP contribution in [-0.4, -0.2) is 39.0 Å². The van der Waals surface area contributed by atoms with Crippen LogP contribution >= 0.6 is 0 Å². The molecule has 3 heterocycles. The van der Waals surface area contributed by atoms with Gasteiger partial charge in [0.1, 0.15) is 17.6 Å². The Bertz CT molecular complexity index is 1040. The lowest BCUT2D eigenvalue weighted by molar-refractivity contribution is -0.114. The molecule has 2 aromatic heterocycles. The van der Waals surface area contributed by atoms with Gasteiger partial charge in [-0.15, -0.1) is 5.10 Å². The molecular weight excluding hydrogens is 366 g/mol. The van der Waals surface area contributed by atoms with Crippen LogP contribution in [0.2, 0.25) is 0 Å². The average Bonchev–Trinajstić information content (AvgIpc) is 3.24. The Labute approximate surface area is 168 Å². The molecule has 8 heteroatoms. The van der Waals surface area contributed by atoms with Crippen LogP contribution in [0, 0.1) is 11.3 Å². The lowest BCUT2D eigenvalue weighted by atomic mass is 10.0. The minimum absolute atomic E-state index is 0.0948. The van der Waals surface area contributed by atoms with Crippen molar-refractivity contribution in [1.29, 1.82) is 5.26 Å². The second-order valence-corrected chi connectivity index (χ2v) is 7.05. The number of hydrogen-bond donors (Lipinski definition) is 1. The number of benzene rings is 1. The van der Waals surface area contributed by atoms with Gasteiger partial charge in [-0.3, -0.25) is 4.79 Å². The molecule has 146 valence electrons. The van der Waals surface area contributed by atoms with Gasteiger partial charge in [-0.2, -0.15) is 5.26 Å². The molecule has 1 N–H and O–H groups in total. The molecule has 1 aliphatic heterocycles. The molecular formula is C21H21N7O. The summed E-state index contributed by atoms with van der Waals surface area (Å²) in [4.78, 5) is 17.7. The molecule has 0 bridgehead atoms. The number of anilines is 2. The van der Waals surface area contributed by atoms with E-state index in [1.165, 1.54) is 6.92 Å². The third-order valence-electron chi connectivity index (χ3n) is 5.06. The van der Waals surface area contributed by atoms with Gasteiger partial charge < -0.3 is 10.2 Å². The maximum atomic E-state index is 11.1. The van der Waals surface area contributed by atoms with Crippen LogP contribution in [-0.2, 0) is 4.79 Å². The predicted octanol–water partition coefficient (Wildman–Crippen LogP) is 3.01. The summed E-state index contributed by atoms with van der Waals surface area (Å²) in [6.07, 6.45) is 5.51. The third-order valence-corrected chi connectivity index (χ3v) is 5.06. The van der Waals surface area contributed by atoms with E-state index in [-0.39, 0.29) is 11.9 Å². The van der Waals surface area contributed by atoms with Crippen molar-refractivity contribution in [1.82, 2.24) is 20.0 Å². The summed E-state index contributed by atoms with van der Waals surface area (Å²) in [7, 11) is 0. The molecule has 3 aromatic rings. The maximum absolute atomic E-state index is 11.1. The van der Waals surface area contributed by atoms with E-state index in [1.54, 1.807) is 18.3 Å². The van der Waals surface area contributed by atoms with E-state index in [2.05, 4.69) is 31.6 Å². The van der Waals surface area contributed by atoms with Crippen molar-refractivity contribution in [2.45, 2.75) is 25.8 Å². The Kier molecular flexibility index (Phi) is 5.20. The van der Waals surface area contributed by atoms with Gasteiger partial charge in [0.05, 0.1) is 17.8 Å². The molecule has 8 nitrogen and oxygen atoms in total. The average molecular weight is 387 g/mol. The number of pyridine rings is 1. The molecule has 4 rings (SSSR count). The summed E-state index contributed by atoms with van der Waals surface area (Å²) in [5.74, 6) is 0.662. The summed E-state index contributed by atoms with van der Waals surface area (Å²) >= 11 is 0. The Morgan fingerprint density at radius 2 is 1.97 bits per heavy atom. The van der Waals surface area contributed by atoms with Gasteiger partial charge in [-0.1, -0.05) is 17.3 Å². The maximum Gasteiger partial charge on any atom is 0.221 e. The number of carbonyl (C=O) groups excluding carboxylic acids is 1. The first-order valence-electron chi connectivity index (χ1n) is 9.54. The van der Waals surface area contributed by atoms with Gasteiger partial charge in [0.15, 0.2) is 0 Å². The standard InChI is InChI=1S/C21H21N7O/c1-15(29)24-18-6-4-16(5-7-18)20-14-28(26-25-20)19-8-11-27(12-9-19)21-17(13-22)3-2-10-23-21/h2-7,10,14,19H,8-9,11-12H2,1H3,(H,24,29). The van der Waals surface area contributed by atoms with Gasteiger partial charge in [0, 0.05) is 37.5 Å². The summed E-state index contributed by atoms with van der Waals surface area (Å²) in [6, 6.07) is 13.6. The summed E-state index contributed by atoms with van der Waals surface area (Å²) in [5, 5.41) is 20.7.